The molecule has 1 saturated heterocycles. The summed E-state index contributed by atoms with van der Waals surface area (Å²) in [5.74, 6) is -0.0899. The molecule has 1 aliphatic heterocycles. The lowest BCUT2D eigenvalue weighted by molar-refractivity contribution is -0.136. The lowest BCUT2D eigenvalue weighted by Gasteiger charge is -2.22. The molecule has 25 heavy (non-hydrogen) atoms. The van der Waals surface area contributed by atoms with Crippen molar-refractivity contribution in [2.75, 3.05) is 39.9 Å². The standard InChI is InChI=1S/C19H26N2O4/c1-15-4-6-16(7-5-15)17(22)8-9-18(23)20-10-3-11-21(13-12-20)19(24)14-25-2/h4-7H,3,8-14H2,1-2H3. The molecule has 6 nitrogen and oxygen atoms in total. The van der Waals surface area contributed by atoms with Crippen LogP contribution in [0.5, 0.6) is 0 Å². The topological polar surface area (TPSA) is 66.9 Å². The molecular weight excluding hydrogens is 320 g/mol. The van der Waals surface area contributed by atoms with Crippen molar-refractivity contribution in [1.82, 2.24) is 9.80 Å². The number of benzene rings is 1. The molecule has 1 aromatic carbocycles. The highest BCUT2D eigenvalue weighted by atomic mass is 16.5. The maximum atomic E-state index is 12.4. The molecule has 0 atom stereocenters. The summed E-state index contributed by atoms with van der Waals surface area (Å²) in [5.41, 5.74) is 1.75. The maximum absolute atomic E-state index is 12.4. The molecule has 6 heteroatoms. The molecule has 0 N–H and O–H groups in total. The summed E-state index contributed by atoms with van der Waals surface area (Å²) in [5, 5.41) is 0. The van der Waals surface area contributed by atoms with Gasteiger partial charge in [0.1, 0.15) is 6.61 Å². The molecule has 0 aromatic heterocycles. The molecule has 0 spiro atoms. The van der Waals surface area contributed by atoms with E-state index in [1.807, 2.05) is 19.1 Å². The molecule has 1 fully saturated rings. The number of ether oxygens (including phenoxy) is 1. The zero-order valence-electron chi connectivity index (χ0n) is 15.0. The number of nitrogens with zero attached hydrogens (tertiary/aromatic N) is 2. The Morgan fingerprint density at radius 2 is 1.52 bits per heavy atom. The van der Waals surface area contributed by atoms with Crippen LogP contribution in [0.1, 0.15) is 35.2 Å². The smallest absolute Gasteiger partial charge is 0.248 e. The number of hydrogen-bond acceptors (Lipinski definition) is 4. The first-order valence-corrected chi connectivity index (χ1v) is 8.65. The van der Waals surface area contributed by atoms with E-state index in [0.717, 1.165) is 12.0 Å². The zero-order chi connectivity index (χ0) is 18.2. The second kappa shape index (κ2) is 9.32. The molecule has 0 aliphatic carbocycles. The normalized spacial score (nSPS) is 15.0. The Morgan fingerprint density at radius 1 is 0.920 bits per heavy atom. The van der Waals surface area contributed by atoms with Gasteiger partial charge in [-0.15, -0.1) is 0 Å². The number of methoxy groups -OCH3 is 1. The van der Waals surface area contributed by atoms with Crippen LogP contribution in [0.3, 0.4) is 0 Å². The van der Waals surface area contributed by atoms with Crippen LogP contribution in [0, 0.1) is 6.92 Å². The Balaban J connectivity index is 1.81. The van der Waals surface area contributed by atoms with Crippen molar-refractivity contribution < 1.29 is 19.1 Å². The number of carbonyl (C=O) groups is 3. The van der Waals surface area contributed by atoms with Crippen molar-refractivity contribution in [2.45, 2.75) is 26.2 Å². The second-order valence-electron chi connectivity index (χ2n) is 6.34. The Kier molecular flexibility index (Phi) is 7.13. The van der Waals surface area contributed by atoms with E-state index >= 15 is 0 Å². The molecular formula is C19H26N2O4. The van der Waals surface area contributed by atoms with Crippen molar-refractivity contribution in [3.63, 3.8) is 0 Å². The van der Waals surface area contributed by atoms with Crippen LogP contribution in [0.2, 0.25) is 0 Å². The van der Waals surface area contributed by atoms with E-state index in [1.54, 1.807) is 21.9 Å². The van der Waals surface area contributed by atoms with E-state index in [9.17, 15) is 14.4 Å². The van der Waals surface area contributed by atoms with Gasteiger partial charge >= 0.3 is 0 Å². The van der Waals surface area contributed by atoms with Crippen LogP contribution in [0.15, 0.2) is 24.3 Å². The highest BCUT2D eigenvalue weighted by molar-refractivity contribution is 5.98. The van der Waals surface area contributed by atoms with Gasteiger partial charge < -0.3 is 14.5 Å². The third-order valence-electron chi connectivity index (χ3n) is 4.41. The van der Waals surface area contributed by atoms with Gasteiger partial charge in [0.15, 0.2) is 5.78 Å². The molecule has 0 saturated carbocycles. The average Bonchev–Trinajstić information content (AvgIpc) is 2.86. The number of rotatable bonds is 6. The summed E-state index contributed by atoms with van der Waals surface area (Å²) >= 11 is 0. The van der Waals surface area contributed by atoms with Crippen molar-refractivity contribution in [1.29, 1.82) is 0 Å². The fourth-order valence-electron chi connectivity index (χ4n) is 2.89. The predicted octanol–water partition coefficient (Wildman–Crippen LogP) is 1.67. The number of aryl methyl sites for hydroxylation is 1. The second-order valence-corrected chi connectivity index (χ2v) is 6.34. The number of amides is 2. The van der Waals surface area contributed by atoms with Gasteiger partial charge in [0.05, 0.1) is 0 Å². The summed E-state index contributed by atoms with van der Waals surface area (Å²) in [4.78, 5) is 39.9. The Morgan fingerprint density at radius 3 is 2.12 bits per heavy atom. The van der Waals surface area contributed by atoms with Gasteiger partial charge in [-0.3, -0.25) is 14.4 Å². The minimum absolute atomic E-state index is 0.0138. The van der Waals surface area contributed by atoms with Gasteiger partial charge in [-0.25, -0.2) is 0 Å². The van der Waals surface area contributed by atoms with E-state index in [2.05, 4.69) is 0 Å². The molecule has 0 bridgehead atoms. The fraction of sp³-hybridized carbons (Fsp3) is 0.526. The molecule has 1 aliphatic rings. The third kappa shape index (κ3) is 5.67. The van der Waals surface area contributed by atoms with E-state index in [0.29, 0.717) is 31.7 Å². The van der Waals surface area contributed by atoms with Crippen LogP contribution < -0.4 is 0 Å². The van der Waals surface area contributed by atoms with Crippen molar-refractivity contribution >= 4 is 17.6 Å². The highest BCUT2D eigenvalue weighted by Gasteiger charge is 2.22. The maximum Gasteiger partial charge on any atom is 0.248 e. The van der Waals surface area contributed by atoms with Gasteiger partial charge in [-0.05, 0) is 13.3 Å². The Bertz CT molecular complexity index is 612. The molecule has 0 unspecified atom stereocenters. The van der Waals surface area contributed by atoms with Gasteiger partial charge in [-0.2, -0.15) is 0 Å². The van der Waals surface area contributed by atoms with Crippen LogP contribution in [0.4, 0.5) is 0 Å². The largest absolute Gasteiger partial charge is 0.375 e. The van der Waals surface area contributed by atoms with E-state index in [-0.39, 0.29) is 37.0 Å². The zero-order valence-corrected chi connectivity index (χ0v) is 15.0. The van der Waals surface area contributed by atoms with Gasteiger partial charge in [0.25, 0.3) is 0 Å². The van der Waals surface area contributed by atoms with Crippen molar-refractivity contribution in [3.8, 4) is 0 Å². The van der Waals surface area contributed by atoms with Crippen molar-refractivity contribution in [2.24, 2.45) is 0 Å². The third-order valence-corrected chi connectivity index (χ3v) is 4.41. The minimum atomic E-state index is -0.0497. The molecule has 2 amide bonds. The summed E-state index contributed by atoms with van der Waals surface area (Å²) in [7, 11) is 1.50. The SMILES string of the molecule is COCC(=O)N1CCCN(C(=O)CCC(=O)c2ccc(C)cc2)CC1. The number of carbonyl (C=O) groups excluding carboxylic acids is 3. The fourth-order valence-corrected chi connectivity index (χ4v) is 2.89. The van der Waals surface area contributed by atoms with E-state index < -0.39 is 0 Å². The highest BCUT2D eigenvalue weighted by Crippen LogP contribution is 2.11. The minimum Gasteiger partial charge on any atom is -0.375 e. The first kappa shape index (κ1) is 19.1. The van der Waals surface area contributed by atoms with Crippen LogP contribution >= 0.6 is 0 Å². The van der Waals surface area contributed by atoms with Crippen molar-refractivity contribution in [3.05, 3.63) is 35.4 Å². The summed E-state index contributed by atoms with van der Waals surface area (Å²) in [6.45, 7) is 4.31. The van der Waals surface area contributed by atoms with Crippen LogP contribution in [0.25, 0.3) is 0 Å². The molecule has 1 heterocycles. The molecule has 136 valence electrons. The molecule has 2 rings (SSSR count). The lowest BCUT2D eigenvalue weighted by atomic mass is 10.0. The van der Waals surface area contributed by atoms with Gasteiger partial charge in [-0.1, -0.05) is 29.8 Å². The average molecular weight is 346 g/mol. The number of Topliss-reactive ketones (excluding diaryl/α,β-unsaturated/α-hetero) is 1. The first-order valence-electron chi connectivity index (χ1n) is 8.65. The monoisotopic (exact) mass is 346 g/mol. The lowest BCUT2D eigenvalue weighted by Crippen LogP contribution is -2.38. The summed E-state index contributed by atoms with van der Waals surface area (Å²) < 4.78 is 4.88. The summed E-state index contributed by atoms with van der Waals surface area (Å²) in [6, 6.07) is 7.39. The molecule has 0 radical (unpaired) electrons. The summed E-state index contributed by atoms with van der Waals surface area (Å²) in [6.07, 6.45) is 1.16. The molecule has 1 aromatic rings. The number of ketones is 1. The van der Waals surface area contributed by atoms with Gasteiger partial charge in [0.2, 0.25) is 11.8 Å². The van der Waals surface area contributed by atoms with Crippen LogP contribution in [-0.4, -0.2) is 67.3 Å². The van der Waals surface area contributed by atoms with Gasteiger partial charge in [0, 0.05) is 51.7 Å². The predicted molar refractivity (Wildman–Crippen MR) is 94.4 cm³/mol. The Labute approximate surface area is 148 Å². The van der Waals surface area contributed by atoms with Crippen LogP contribution in [-0.2, 0) is 14.3 Å². The Hall–Kier alpha value is -2.21. The quantitative estimate of drug-likeness (QED) is 0.735. The number of hydrogen-bond donors (Lipinski definition) is 0. The van der Waals surface area contributed by atoms with E-state index in [4.69, 9.17) is 4.74 Å². The first-order chi connectivity index (χ1) is 12.0. The van der Waals surface area contributed by atoms with E-state index in [1.165, 1.54) is 7.11 Å².